The summed E-state index contributed by atoms with van der Waals surface area (Å²) in [7, 11) is 0. The maximum atomic E-state index is 2.47. The summed E-state index contributed by atoms with van der Waals surface area (Å²) in [6, 6.07) is 4.61. The molecular weight excluding hydrogens is 609 g/mol. The Labute approximate surface area is 199 Å². The fourth-order valence-corrected chi connectivity index (χ4v) is 9.29. The van der Waals surface area contributed by atoms with Gasteiger partial charge in [0.15, 0.2) is 0 Å². The molecular formula is C22H28I2Zr. The maximum absolute atomic E-state index is 2.47. The van der Waals surface area contributed by atoms with Crippen molar-refractivity contribution in [3.63, 3.8) is 0 Å². The van der Waals surface area contributed by atoms with Crippen LogP contribution in [0.1, 0.15) is 67.4 Å². The zero-order valence-corrected chi connectivity index (χ0v) is 23.3. The fourth-order valence-electron chi connectivity index (χ4n) is 4.18. The van der Waals surface area contributed by atoms with E-state index < -0.39 is 23.2 Å². The third-order valence-corrected chi connectivity index (χ3v) is 11.9. The van der Waals surface area contributed by atoms with Gasteiger partial charge in [-0.05, 0) is 0 Å². The van der Waals surface area contributed by atoms with Crippen LogP contribution in [0.2, 0.25) is 0 Å². The number of hydrogen-bond donors (Lipinski definition) is 0. The van der Waals surface area contributed by atoms with E-state index in [9.17, 15) is 0 Å². The van der Waals surface area contributed by atoms with E-state index in [0.29, 0.717) is 0 Å². The van der Waals surface area contributed by atoms with Crippen LogP contribution in [-0.4, -0.2) is 0 Å². The van der Waals surface area contributed by atoms with Crippen molar-refractivity contribution in [2.45, 2.75) is 59.0 Å². The van der Waals surface area contributed by atoms with Crippen molar-refractivity contribution in [3.05, 3.63) is 60.0 Å². The number of benzene rings is 1. The van der Waals surface area contributed by atoms with E-state index in [-0.39, 0.29) is 53.4 Å². The van der Waals surface area contributed by atoms with Crippen LogP contribution < -0.4 is 48.0 Å². The van der Waals surface area contributed by atoms with Crippen LogP contribution >= 0.6 is 0 Å². The minimum absolute atomic E-state index is 0. The Hall–Kier alpha value is 0.783. The largest absolute Gasteiger partial charge is 1.00 e. The normalized spacial score (nSPS) is 20.6. The van der Waals surface area contributed by atoms with Gasteiger partial charge in [0, 0.05) is 0 Å². The summed E-state index contributed by atoms with van der Waals surface area (Å²) in [4.78, 5) is 0. The molecule has 0 saturated carbocycles. The van der Waals surface area contributed by atoms with Crippen LogP contribution in [-0.2, 0) is 23.2 Å². The Morgan fingerprint density at radius 1 is 0.840 bits per heavy atom. The first kappa shape index (κ1) is 23.8. The van der Waals surface area contributed by atoms with Crippen molar-refractivity contribution in [1.82, 2.24) is 0 Å². The molecule has 0 saturated heterocycles. The summed E-state index contributed by atoms with van der Waals surface area (Å²) in [5.74, 6) is 0. The molecule has 0 N–H and O–H groups in total. The second-order valence-corrected chi connectivity index (χ2v) is 11.2. The van der Waals surface area contributed by atoms with Gasteiger partial charge >= 0.3 is 154 Å². The second kappa shape index (κ2) is 8.43. The van der Waals surface area contributed by atoms with Gasteiger partial charge in [-0.2, -0.15) is 0 Å². The van der Waals surface area contributed by atoms with Gasteiger partial charge in [0.05, 0.1) is 0 Å². The van der Waals surface area contributed by atoms with Crippen LogP contribution in [0.3, 0.4) is 0 Å². The van der Waals surface area contributed by atoms with Crippen molar-refractivity contribution in [2.75, 3.05) is 0 Å². The molecule has 0 spiro atoms. The van der Waals surface area contributed by atoms with Gasteiger partial charge in [0.1, 0.15) is 0 Å². The molecule has 0 amide bonds. The minimum Gasteiger partial charge on any atom is -1.00 e. The summed E-state index contributed by atoms with van der Waals surface area (Å²) < 4.78 is 2.53. The van der Waals surface area contributed by atoms with E-state index in [0.717, 1.165) is 3.63 Å². The van der Waals surface area contributed by atoms with Gasteiger partial charge in [-0.1, -0.05) is 0 Å². The Balaban J connectivity index is 0.00000156. The minimum atomic E-state index is -0.719. The molecule has 0 aliphatic heterocycles. The molecule has 25 heavy (non-hydrogen) atoms. The summed E-state index contributed by atoms with van der Waals surface area (Å²) in [6.45, 7) is 18.8. The molecule has 2 aliphatic carbocycles. The molecule has 1 aromatic rings. The van der Waals surface area contributed by atoms with Gasteiger partial charge < -0.3 is 48.0 Å². The number of hydrogen-bond acceptors (Lipinski definition) is 0. The van der Waals surface area contributed by atoms with Crippen LogP contribution in [0.25, 0.3) is 6.08 Å². The molecule has 0 fully saturated rings. The topological polar surface area (TPSA) is 0 Å². The van der Waals surface area contributed by atoms with Crippen molar-refractivity contribution in [2.24, 2.45) is 5.41 Å². The number of allylic oxidation sites excluding steroid dienone is 5. The number of aryl methyl sites for hydroxylation is 2. The molecule has 3 rings (SSSR count). The Morgan fingerprint density at radius 2 is 1.40 bits per heavy atom. The smallest absolute Gasteiger partial charge is 1.00 e. The van der Waals surface area contributed by atoms with Crippen molar-refractivity contribution >= 4 is 6.08 Å². The zero-order valence-electron chi connectivity index (χ0n) is 16.6. The van der Waals surface area contributed by atoms with E-state index in [1.807, 2.05) is 3.28 Å². The van der Waals surface area contributed by atoms with Crippen LogP contribution in [0.15, 0.2) is 37.7 Å². The number of fused-ring (bicyclic) bond motifs is 1. The van der Waals surface area contributed by atoms with Gasteiger partial charge in [0.25, 0.3) is 0 Å². The van der Waals surface area contributed by atoms with Gasteiger partial charge in [0.2, 0.25) is 0 Å². The molecule has 0 nitrogen and oxygen atoms in total. The van der Waals surface area contributed by atoms with Gasteiger partial charge in [-0.15, -0.1) is 0 Å². The van der Waals surface area contributed by atoms with E-state index >= 15 is 0 Å². The molecule has 0 heterocycles. The van der Waals surface area contributed by atoms with Crippen molar-refractivity contribution in [1.29, 1.82) is 0 Å². The molecule has 134 valence electrons. The summed E-state index contributed by atoms with van der Waals surface area (Å²) in [6.07, 6.45) is 2.47. The first-order chi connectivity index (χ1) is 10.7. The third kappa shape index (κ3) is 3.85. The predicted molar refractivity (Wildman–Crippen MR) is 97.2 cm³/mol. The quantitative estimate of drug-likeness (QED) is 0.415. The molecule has 1 aromatic carbocycles. The first-order valence-electron chi connectivity index (χ1n) is 8.60. The molecule has 0 radical (unpaired) electrons. The van der Waals surface area contributed by atoms with E-state index in [2.05, 4.69) is 73.6 Å². The number of halogens is 2. The molecule has 0 bridgehead atoms. The SMILES string of the molecule is CC1=Cc2c(C)ccc(C)c2[CH]1[Zr+2][C]1=C(C)C(C)=C(C)C1(C)C.[I-].[I-]. The predicted octanol–water partition coefficient (Wildman–Crippen LogP) is 0.502. The average molecular weight is 637 g/mol. The summed E-state index contributed by atoms with van der Waals surface area (Å²) in [5, 5.41) is 0. The Kier molecular flexibility index (Phi) is 8.03. The number of rotatable bonds is 2. The monoisotopic (exact) mass is 636 g/mol. The van der Waals surface area contributed by atoms with Crippen molar-refractivity contribution < 1.29 is 71.2 Å². The summed E-state index contributed by atoms with van der Waals surface area (Å²) in [5.41, 5.74) is 12.7. The summed E-state index contributed by atoms with van der Waals surface area (Å²) >= 11 is -0.719. The van der Waals surface area contributed by atoms with E-state index in [1.165, 1.54) is 16.7 Å². The Morgan fingerprint density at radius 3 is 1.92 bits per heavy atom. The van der Waals surface area contributed by atoms with Crippen LogP contribution in [0, 0.1) is 19.3 Å². The fraction of sp³-hybridized carbons (Fsp3) is 0.455. The van der Waals surface area contributed by atoms with Crippen molar-refractivity contribution in [3.8, 4) is 0 Å². The van der Waals surface area contributed by atoms with E-state index in [4.69, 9.17) is 0 Å². The third-order valence-electron chi connectivity index (χ3n) is 6.19. The molecule has 0 aromatic heterocycles. The molecule has 1 atom stereocenters. The van der Waals surface area contributed by atoms with Crippen LogP contribution in [0.5, 0.6) is 0 Å². The zero-order chi connectivity index (χ0) is 17.1. The maximum Gasteiger partial charge on any atom is -1.00 e. The van der Waals surface area contributed by atoms with E-state index in [1.54, 1.807) is 27.9 Å². The van der Waals surface area contributed by atoms with Gasteiger partial charge in [-0.3, -0.25) is 0 Å². The molecule has 1 unspecified atom stereocenters. The van der Waals surface area contributed by atoms with Crippen LogP contribution in [0.4, 0.5) is 0 Å². The molecule has 3 heteroatoms. The van der Waals surface area contributed by atoms with Gasteiger partial charge in [-0.25, -0.2) is 0 Å². The second-order valence-electron chi connectivity index (χ2n) is 7.87. The Bertz CT molecular complexity index is 794. The molecule has 2 aliphatic rings. The average Bonchev–Trinajstić information content (AvgIpc) is 2.89. The standard InChI is InChI=1S/C12H13.C10H15.2HI.Zr/c1-8-6-11-9(2)4-5-10(3)12(11)7-8;1-7-6-10(4,5)9(3)8(7)2;;;/h4-7H,1-3H3;1-5H3;2*1H;/q;;;;+2/p-2. The first-order valence-corrected chi connectivity index (χ1v) is 11.3.